The van der Waals surface area contributed by atoms with Crippen molar-refractivity contribution in [3.63, 3.8) is 0 Å². The summed E-state index contributed by atoms with van der Waals surface area (Å²) in [6.07, 6.45) is 0.0544. The second-order valence-corrected chi connectivity index (χ2v) is 6.13. The molecule has 2 rings (SSSR count). The fourth-order valence-electron chi connectivity index (χ4n) is 2.35. The highest BCUT2D eigenvalue weighted by atomic mass is 19.1. The van der Waals surface area contributed by atoms with E-state index in [4.69, 9.17) is 5.73 Å². The topological polar surface area (TPSA) is 96.5 Å². The lowest BCUT2D eigenvalue weighted by Gasteiger charge is -2.10. The monoisotopic (exact) mass is 369 g/mol. The number of aromatic nitrogens is 1. The zero-order valence-corrected chi connectivity index (χ0v) is 15.1. The Balaban J connectivity index is 2.29. The molecule has 3 N–H and O–H groups in total. The summed E-state index contributed by atoms with van der Waals surface area (Å²) < 4.78 is 14.3. The fraction of sp³-hybridized carbons (Fsp3) is 0.250. The lowest BCUT2D eigenvalue weighted by molar-refractivity contribution is -0.117. The molecule has 1 heterocycles. The van der Waals surface area contributed by atoms with E-state index in [0.29, 0.717) is 24.9 Å². The molecule has 0 saturated heterocycles. The van der Waals surface area contributed by atoms with Gasteiger partial charge < -0.3 is 15.7 Å². The van der Waals surface area contributed by atoms with E-state index in [0.717, 1.165) is 5.56 Å². The van der Waals surface area contributed by atoms with Crippen LogP contribution in [-0.4, -0.2) is 47.0 Å². The predicted molar refractivity (Wildman–Crippen MR) is 99.1 cm³/mol. The van der Waals surface area contributed by atoms with E-state index < -0.39 is 17.8 Å². The van der Waals surface area contributed by atoms with Crippen LogP contribution in [0.2, 0.25) is 0 Å². The van der Waals surface area contributed by atoms with E-state index in [9.17, 15) is 19.1 Å². The molecule has 27 heavy (non-hydrogen) atoms. The first-order valence-electron chi connectivity index (χ1n) is 8.23. The van der Waals surface area contributed by atoms with Gasteiger partial charge >= 0.3 is 0 Å². The molecular weight excluding hydrogens is 349 g/mol. The number of aliphatic hydroxyl groups excluding tert-OH is 1. The fourth-order valence-corrected chi connectivity index (χ4v) is 2.35. The summed E-state index contributed by atoms with van der Waals surface area (Å²) in [7, 11) is 1.61. The van der Waals surface area contributed by atoms with Gasteiger partial charge in [-0.2, -0.15) is 0 Å². The number of aliphatic hydroxyl groups is 1. The van der Waals surface area contributed by atoms with Crippen molar-refractivity contribution in [2.45, 2.75) is 19.4 Å². The van der Waals surface area contributed by atoms with E-state index >= 15 is 0 Å². The average Bonchev–Trinajstić information content (AvgIpc) is 2.64. The van der Waals surface area contributed by atoms with Gasteiger partial charge in [0.05, 0.1) is 5.69 Å². The average molecular weight is 369 g/mol. The van der Waals surface area contributed by atoms with Gasteiger partial charge in [0.1, 0.15) is 17.6 Å². The van der Waals surface area contributed by atoms with Crippen molar-refractivity contribution in [2.75, 3.05) is 13.6 Å². The summed E-state index contributed by atoms with van der Waals surface area (Å²) in [6, 6.07) is 7.41. The number of amides is 2. The number of hydrogen-bond donors (Lipinski definition) is 2. The molecule has 0 fully saturated rings. The number of hydrogen-bond acceptors (Lipinski definition) is 4. The molecule has 0 unspecified atom stereocenters. The summed E-state index contributed by atoms with van der Waals surface area (Å²) in [5.74, 6) is 4.24. The van der Waals surface area contributed by atoms with E-state index in [-0.39, 0.29) is 17.0 Å². The van der Waals surface area contributed by atoms with Crippen LogP contribution < -0.4 is 5.73 Å². The van der Waals surface area contributed by atoms with Crippen molar-refractivity contribution in [1.82, 2.24) is 9.88 Å². The standard InChI is InChI=1S/C20H20FN3O3/c1-13-9-18(23-19(10-13)20(22)27)16-11-14(4-6-17(16)21)3-5-15(26)7-8-24(2)12-25/h4,6,9-12,15,26H,7-8H2,1-2H3,(H2,22,27)/t15-/m0/s1. The van der Waals surface area contributed by atoms with Crippen LogP contribution in [0.25, 0.3) is 11.3 Å². The first-order valence-corrected chi connectivity index (χ1v) is 8.23. The van der Waals surface area contributed by atoms with Gasteiger partial charge in [0.15, 0.2) is 0 Å². The number of primary amides is 1. The van der Waals surface area contributed by atoms with Gasteiger partial charge in [-0.15, -0.1) is 0 Å². The van der Waals surface area contributed by atoms with Crippen molar-refractivity contribution in [3.05, 3.63) is 53.0 Å². The Morgan fingerprint density at radius 2 is 2.15 bits per heavy atom. The number of nitrogens with two attached hydrogens (primary N) is 1. The third kappa shape index (κ3) is 5.62. The molecule has 1 aromatic heterocycles. The smallest absolute Gasteiger partial charge is 0.267 e. The van der Waals surface area contributed by atoms with Crippen LogP contribution in [0.4, 0.5) is 4.39 Å². The SMILES string of the molecule is Cc1cc(C(N)=O)nc(-c2cc(C#C[C@H](O)CCN(C)C=O)ccc2F)c1. The van der Waals surface area contributed by atoms with Crippen LogP contribution in [-0.2, 0) is 4.79 Å². The Hall–Kier alpha value is -3.24. The van der Waals surface area contributed by atoms with E-state index in [2.05, 4.69) is 16.8 Å². The van der Waals surface area contributed by atoms with Crippen LogP contribution >= 0.6 is 0 Å². The van der Waals surface area contributed by atoms with Crippen molar-refractivity contribution >= 4 is 12.3 Å². The zero-order valence-electron chi connectivity index (χ0n) is 15.1. The summed E-state index contributed by atoms with van der Waals surface area (Å²) in [6.45, 7) is 2.13. The Labute approximate surface area is 156 Å². The second kappa shape index (κ2) is 8.92. The van der Waals surface area contributed by atoms with Crippen molar-refractivity contribution in [1.29, 1.82) is 0 Å². The highest BCUT2D eigenvalue weighted by molar-refractivity contribution is 5.91. The number of pyridine rings is 1. The Morgan fingerprint density at radius 1 is 1.41 bits per heavy atom. The third-order valence-electron chi connectivity index (χ3n) is 3.78. The largest absolute Gasteiger partial charge is 0.380 e. The molecule has 140 valence electrons. The molecule has 6 nitrogen and oxygen atoms in total. The van der Waals surface area contributed by atoms with Crippen LogP contribution in [0.1, 0.15) is 28.0 Å². The molecule has 7 heteroatoms. The maximum Gasteiger partial charge on any atom is 0.267 e. The summed E-state index contributed by atoms with van der Waals surface area (Å²) in [5.41, 5.74) is 6.98. The Bertz CT molecular complexity index is 918. The first kappa shape index (κ1) is 20.1. The van der Waals surface area contributed by atoms with Crippen LogP contribution in [0.3, 0.4) is 0 Å². The lowest BCUT2D eigenvalue weighted by atomic mass is 10.0. The van der Waals surface area contributed by atoms with Crippen molar-refractivity contribution in [3.8, 4) is 23.1 Å². The summed E-state index contributed by atoms with van der Waals surface area (Å²) in [4.78, 5) is 27.4. The highest BCUT2D eigenvalue weighted by Crippen LogP contribution is 2.23. The highest BCUT2D eigenvalue weighted by Gasteiger charge is 2.11. The summed E-state index contributed by atoms with van der Waals surface area (Å²) in [5, 5.41) is 9.88. The number of benzene rings is 1. The molecule has 1 atom stereocenters. The number of carbonyl (C=O) groups is 2. The van der Waals surface area contributed by atoms with Gasteiger partial charge in [0.25, 0.3) is 5.91 Å². The summed E-state index contributed by atoms with van der Waals surface area (Å²) >= 11 is 0. The molecule has 2 amide bonds. The lowest BCUT2D eigenvalue weighted by Crippen LogP contribution is -2.21. The minimum atomic E-state index is -0.917. The van der Waals surface area contributed by atoms with Gasteiger partial charge in [0, 0.05) is 31.1 Å². The van der Waals surface area contributed by atoms with Gasteiger partial charge in [-0.3, -0.25) is 9.59 Å². The van der Waals surface area contributed by atoms with E-state index in [1.165, 1.54) is 29.2 Å². The molecule has 0 aliphatic heterocycles. The van der Waals surface area contributed by atoms with Gasteiger partial charge in [-0.05, 0) is 42.8 Å². The number of aryl methyl sites for hydroxylation is 1. The normalized spacial score (nSPS) is 11.3. The molecule has 0 saturated carbocycles. The minimum absolute atomic E-state index is 0.0515. The molecule has 1 aromatic carbocycles. The molecule has 0 bridgehead atoms. The van der Waals surface area contributed by atoms with Crippen LogP contribution in [0, 0.1) is 24.6 Å². The quantitative estimate of drug-likeness (QED) is 0.595. The predicted octanol–water partition coefficient (Wildman–Crippen LogP) is 1.49. The maximum absolute atomic E-state index is 14.3. The zero-order chi connectivity index (χ0) is 20.0. The molecule has 0 spiro atoms. The third-order valence-corrected chi connectivity index (χ3v) is 3.78. The van der Waals surface area contributed by atoms with Crippen LogP contribution in [0.5, 0.6) is 0 Å². The first-order chi connectivity index (χ1) is 12.8. The number of carbonyl (C=O) groups excluding carboxylic acids is 2. The maximum atomic E-state index is 14.3. The Kier molecular flexibility index (Phi) is 6.63. The van der Waals surface area contributed by atoms with Gasteiger partial charge in [-0.25, -0.2) is 9.37 Å². The minimum Gasteiger partial charge on any atom is -0.380 e. The Morgan fingerprint density at radius 3 is 2.81 bits per heavy atom. The molecular formula is C20H20FN3O3. The van der Waals surface area contributed by atoms with Crippen molar-refractivity contribution < 1.29 is 19.1 Å². The molecule has 0 aliphatic rings. The van der Waals surface area contributed by atoms with Gasteiger partial charge in [0.2, 0.25) is 6.41 Å². The van der Waals surface area contributed by atoms with Crippen molar-refractivity contribution in [2.24, 2.45) is 5.73 Å². The van der Waals surface area contributed by atoms with Gasteiger partial charge in [-0.1, -0.05) is 11.8 Å². The number of halogens is 1. The van der Waals surface area contributed by atoms with E-state index in [1.54, 1.807) is 20.0 Å². The molecule has 0 radical (unpaired) electrons. The number of nitrogens with zero attached hydrogens (tertiary/aromatic N) is 2. The molecule has 2 aromatic rings. The van der Waals surface area contributed by atoms with E-state index in [1.807, 2.05) is 0 Å². The molecule has 0 aliphatic carbocycles. The van der Waals surface area contributed by atoms with Crippen LogP contribution in [0.15, 0.2) is 30.3 Å². The number of rotatable bonds is 6. The second-order valence-electron chi connectivity index (χ2n) is 6.13.